The molecule has 0 radical (unpaired) electrons. The second-order valence-electron chi connectivity index (χ2n) is 5.29. The van der Waals surface area contributed by atoms with Crippen molar-refractivity contribution in [3.05, 3.63) is 0 Å². The molecule has 0 aliphatic carbocycles. The number of amides is 2. The van der Waals surface area contributed by atoms with Crippen molar-refractivity contribution in [1.29, 1.82) is 0 Å². The first-order valence-electron chi connectivity index (χ1n) is 6.93. The van der Waals surface area contributed by atoms with E-state index in [0.717, 1.165) is 0 Å². The predicted molar refractivity (Wildman–Crippen MR) is 75.9 cm³/mol. The standard InChI is InChI=1S/C14H26N2O4/c1-7-20-12(18)8-16(10(4)5)14(19)13(9(2)3)15-11(6)17/h9-10,13H,7-8H2,1-6H3,(H,15,17). The summed E-state index contributed by atoms with van der Waals surface area (Å²) in [6, 6.07) is -0.786. The summed E-state index contributed by atoms with van der Waals surface area (Å²) in [4.78, 5) is 36.7. The first-order chi connectivity index (χ1) is 9.20. The van der Waals surface area contributed by atoms with E-state index >= 15 is 0 Å². The van der Waals surface area contributed by atoms with Crippen LogP contribution < -0.4 is 5.32 Å². The van der Waals surface area contributed by atoms with Crippen LogP contribution >= 0.6 is 0 Å². The third-order valence-corrected chi connectivity index (χ3v) is 2.80. The van der Waals surface area contributed by atoms with Crippen molar-refractivity contribution in [2.45, 2.75) is 53.6 Å². The summed E-state index contributed by atoms with van der Waals surface area (Å²) in [6.45, 7) is 10.6. The number of hydrogen-bond donors (Lipinski definition) is 1. The van der Waals surface area contributed by atoms with Gasteiger partial charge in [0.15, 0.2) is 0 Å². The Hall–Kier alpha value is -1.59. The van der Waals surface area contributed by atoms with Gasteiger partial charge in [-0.05, 0) is 26.7 Å². The monoisotopic (exact) mass is 286 g/mol. The summed E-state index contributed by atoms with van der Waals surface area (Å²) >= 11 is 0. The molecule has 0 saturated carbocycles. The molecule has 0 rings (SSSR count). The van der Waals surface area contributed by atoms with Gasteiger partial charge in [-0.15, -0.1) is 0 Å². The van der Waals surface area contributed by atoms with Gasteiger partial charge in [0.1, 0.15) is 12.6 Å². The van der Waals surface area contributed by atoms with Gasteiger partial charge >= 0.3 is 5.97 Å². The molecule has 20 heavy (non-hydrogen) atoms. The minimum Gasteiger partial charge on any atom is -0.465 e. The van der Waals surface area contributed by atoms with Crippen LogP contribution in [-0.4, -0.2) is 47.9 Å². The Labute approximate surface area is 120 Å². The lowest BCUT2D eigenvalue weighted by Crippen LogP contribution is -2.54. The maximum Gasteiger partial charge on any atom is 0.325 e. The minimum atomic E-state index is -0.635. The number of esters is 1. The van der Waals surface area contributed by atoms with E-state index in [0.29, 0.717) is 0 Å². The average molecular weight is 286 g/mol. The van der Waals surface area contributed by atoms with Crippen LogP contribution in [0.15, 0.2) is 0 Å². The molecule has 0 spiro atoms. The van der Waals surface area contributed by atoms with E-state index < -0.39 is 12.0 Å². The van der Waals surface area contributed by atoms with E-state index in [1.165, 1.54) is 11.8 Å². The fourth-order valence-electron chi connectivity index (χ4n) is 1.77. The van der Waals surface area contributed by atoms with Crippen LogP contribution in [0.3, 0.4) is 0 Å². The second-order valence-corrected chi connectivity index (χ2v) is 5.29. The van der Waals surface area contributed by atoms with Crippen LogP contribution in [0.5, 0.6) is 0 Å². The molecule has 6 nitrogen and oxygen atoms in total. The zero-order valence-electron chi connectivity index (χ0n) is 13.2. The third-order valence-electron chi connectivity index (χ3n) is 2.80. The van der Waals surface area contributed by atoms with Gasteiger partial charge < -0.3 is 15.0 Å². The van der Waals surface area contributed by atoms with Crippen LogP contribution in [0, 0.1) is 5.92 Å². The van der Waals surface area contributed by atoms with Crippen molar-refractivity contribution in [3.63, 3.8) is 0 Å². The Morgan fingerprint density at radius 1 is 1.15 bits per heavy atom. The largest absolute Gasteiger partial charge is 0.465 e. The molecule has 0 fully saturated rings. The molecule has 6 heteroatoms. The normalized spacial score (nSPS) is 12.2. The maximum absolute atomic E-state index is 12.5. The van der Waals surface area contributed by atoms with Gasteiger partial charge in [-0.2, -0.15) is 0 Å². The average Bonchev–Trinajstić information content (AvgIpc) is 2.31. The van der Waals surface area contributed by atoms with Crippen molar-refractivity contribution in [1.82, 2.24) is 10.2 Å². The fraction of sp³-hybridized carbons (Fsp3) is 0.786. The van der Waals surface area contributed by atoms with E-state index in [9.17, 15) is 14.4 Å². The highest BCUT2D eigenvalue weighted by molar-refractivity contribution is 5.89. The molecule has 1 N–H and O–H groups in total. The zero-order chi connectivity index (χ0) is 15.9. The van der Waals surface area contributed by atoms with Gasteiger partial charge in [-0.25, -0.2) is 0 Å². The van der Waals surface area contributed by atoms with Crippen molar-refractivity contribution in [2.75, 3.05) is 13.2 Å². The van der Waals surface area contributed by atoms with Crippen LogP contribution in [0.2, 0.25) is 0 Å². The Bertz CT molecular complexity index is 353. The van der Waals surface area contributed by atoms with Gasteiger partial charge in [0.2, 0.25) is 11.8 Å². The molecule has 0 aromatic rings. The van der Waals surface area contributed by atoms with E-state index in [2.05, 4.69) is 5.32 Å². The maximum atomic E-state index is 12.5. The third kappa shape index (κ3) is 6.04. The minimum absolute atomic E-state index is 0.0603. The number of carbonyl (C=O) groups is 3. The molecule has 0 aliphatic rings. The van der Waals surface area contributed by atoms with Crippen molar-refractivity contribution < 1.29 is 19.1 Å². The van der Waals surface area contributed by atoms with Crippen molar-refractivity contribution >= 4 is 17.8 Å². The van der Waals surface area contributed by atoms with Gasteiger partial charge in [0.05, 0.1) is 6.61 Å². The Kier molecular flexibility index (Phi) is 7.87. The first-order valence-corrected chi connectivity index (χ1v) is 6.93. The molecule has 0 bridgehead atoms. The van der Waals surface area contributed by atoms with Crippen molar-refractivity contribution in [3.8, 4) is 0 Å². The highest BCUT2D eigenvalue weighted by Gasteiger charge is 2.30. The predicted octanol–water partition coefficient (Wildman–Crippen LogP) is 0.947. The highest BCUT2D eigenvalue weighted by Crippen LogP contribution is 2.10. The highest BCUT2D eigenvalue weighted by atomic mass is 16.5. The summed E-state index contributed by atoms with van der Waals surface area (Å²) in [5, 5.41) is 2.64. The first kappa shape index (κ1) is 18.4. The zero-order valence-corrected chi connectivity index (χ0v) is 13.2. The van der Waals surface area contributed by atoms with E-state index in [-0.39, 0.29) is 36.9 Å². The fourth-order valence-corrected chi connectivity index (χ4v) is 1.77. The number of hydrogen-bond acceptors (Lipinski definition) is 4. The van der Waals surface area contributed by atoms with Gasteiger partial charge in [0, 0.05) is 13.0 Å². The molecule has 2 amide bonds. The molecule has 0 aromatic carbocycles. The summed E-state index contributed by atoms with van der Waals surface area (Å²) < 4.78 is 4.87. The van der Waals surface area contributed by atoms with Crippen LogP contribution in [0.1, 0.15) is 41.5 Å². The molecule has 116 valence electrons. The second kappa shape index (κ2) is 8.55. The molecule has 0 aliphatic heterocycles. The Morgan fingerprint density at radius 2 is 1.70 bits per heavy atom. The van der Waals surface area contributed by atoms with Gasteiger partial charge in [-0.3, -0.25) is 14.4 Å². The quantitative estimate of drug-likeness (QED) is 0.707. The number of rotatable bonds is 7. The lowest BCUT2D eigenvalue weighted by atomic mass is 10.0. The van der Waals surface area contributed by atoms with Crippen LogP contribution in [0.4, 0.5) is 0 Å². The van der Waals surface area contributed by atoms with Crippen LogP contribution in [-0.2, 0) is 19.1 Å². The summed E-state index contributed by atoms with van der Waals surface area (Å²) in [5.74, 6) is -1.04. The lowest BCUT2D eigenvalue weighted by Gasteiger charge is -2.31. The van der Waals surface area contributed by atoms with E-state index in [4.69, 9.17) is 4.74 Å². The molecular formula is C14H26N2O4. The molecular weight excluding hydrogens is 260 g/mol. The van der Waals surface area contributed by atoms with Crippen LogP contribution in [0.25, 0.3) is 0 Å². The Morgan fingerprint density at radius 3 is 2.05 bits per heavy atom. The number of nitrogens with zero attached hydrogens (tertiary/aromatic N) is 1. The summed E-state index contributed by atoms with van der Waals surface area (Å²) in [5.41, 5.74) is 0. The Balaban J connectivity index is 5.00. The number of ether oxygens (including phenoxy) is 1. The molecule has 0 heterocycles. The van der Waals surface area contributed by atoms with Crippen molar-refractivity contribution in [2.24, 2.45) is 5.92 Å². The molecule has 0 saturated heterocycles. The van der Waals surface area contributed by atoms with Gasteiger partial charge in [-0.1, -0.05) is 13.8 Å². The van der Waals surface area contributed by atoms with E-state index in [1.54, 1.807) is 6.92 Å². The molecule has 1 atom stereocenters. The number of carbonyl (C=O) groups excluding carboxylic acids is 3. The lowest BCUT2D eigenvalue weighted by molar-refractivity contribution is -0.151. The summed E-state index contributed by atoms with van der Waals surface area (Å²) in [7, 11) is 0. The summed E-state index contributed by atoms with van der Waals surface area (Å²) in [6.07, 6.45) is 0. The van der Waals surface area contributed by atoms with Gasteiger partial charge in [0.25, 0.3) is 0 Å². The number of nitrogens with one attached hydrogen (secondary N) is 1. The molecule has 1 unspecified atom stereocenters. The molecule has 0 aromatic heterocycles. The topological polar surface area (TPSA) is 75.7 Å². The van der Waals surface area contributed by atoms with E-state index in [1.807, 2.05) is 27.7 Å². The smallest absolute Gasteiger partial charge is 0.325 e. The SMILES string of the molecule is CCOC(=O)CN(C(=O)C(NC(C)=O)C(C)C)C(C)C.